The summed E-state index contributed by atoms with van der Waals surface area (Å²) in [4.78, 5) is 29.7. The van der Waals surface area contributed by atoms with Gasteiger partial charge in [0, 0.05) is 17.0 Å². The summed E-state index contributed by atoms with van der Waals surface area (Å²) in [5.41, 5.74) is 3.15. The van der Waals surface area contributed by atoms with Crippen molar-refractivity contribution in [3.63, 3.8) is 0 Å². The van der Waals surface area contributed by atoms with Crippen LogP contribution in [0.4, 0.5) is 0 Å². The van der Waals surface area contributed by atoms with Crippen molar-refractivity contribution < 1.29 is 18.8 Å². The molecule has 2 aromatic carbocycles. The summed E-state index contributed by atoms with van der Waals surface area (Å²) in [6.07, 6.45) is 0. The quantitative estimate of drug-likeness (QED) is 0.467. The molecule has 6 nitrogen and oxygen atoms in total. The van der Waals surface area contributed by atoms with Gasteiger partial charge < -0.3 is 9.26 Å². The van der Waals surface area contributed by atoms with Crippen LogP contribution in [0.15, 0.2) is 47.0 Å². The molecule has 1 aromatic heterocycles. The standard InChI is InChI=1S/C22H22N2O4/c1-13(2)21-23-19(28-24-21)12-27-22(26)18-8-6-5-7-17(18)20(25)16-10-9-14(3)15(4)11-16/h5-11,13H,12H2,1-4H3. The minimum absolute atomic E-state index is 0.115. The molecule has 3 rings (SSSR count). The summed E-state index contributed by atoms with van der Waals surface area (Å²) in [7, 11) is 0. The molecule has 3 aromatic rings. The van der Waals surface area contributed by atoms with Gasteiger partial charge in [0.1, 0.15) is 0 Å². The minimum atomic E-state index is -0.614. The molecule has 0 N–H and O–H groups in total. The van der Waals surface area contributed by atoms with Gasteiger partial charge >= 0.3 is 5.97 Å². The van der Waals surface area contributed by atoms with Gasteiger partial charge in [-0.05, 0) is 37.1 Å². The molecule has 0 aliphatic rings. The number of nitrogens with zero attached hydrogens (tertiary/aromatic N) is 2. The van der Waals surface area contributed by atoms with Gasteiger partial charge in [0.2, 0.25) is 0 Å². The van der Waals surface area contributed by atoms with Gasteiger partial charge in [-0.15, -0.1) is 0 Å². The summed E-state index contributed by atoms with van der Waals surface area (Å²) in [6, 6.07) is 12.1. The maximum Gasteiger partial charge on any atom is 0.339 e. The molecule has 0 saturated heterocycles. The van der Waals surface area contributed by atoms with Crippen LogP contribution in [0.2, 0.25) is 0 Å². The van der Waals surface area contributed by atoms with Crippen molar-refractivity contribution in [2.45, 2.75) is 40.2 Å². The Labute approximate surface area is 163 Å². The number of carbonyl (C=O) groups is 2. The van der Waals surface area contributed by atoms with Crippen LogP contribution in [0.25, 0.3) is 0 Å². The first kappa shape index (κ1) is 19.5. The zero-order chi connectivity index (χ0) is 20.3. The molecule has 28 heavy (non-hydrogen) atoms. The Hall–Kier alpha value is -3.28. The van der Waals surface area contributed by atoms with E-state index in [0.717, 1.165) is 11.1 Å². The molecular weight excluding hydrogens is 356 g/mol. The molecule has 144 valence electrons. The molecule has 0 bridgehead atoms. The van der Waals surface area contributed by atoms with Crippen LogP contribution in [0.3, 0.4) is 0 Å². The summed E-state index contributed by atoms with van der Waals surface area (Å²) in [6.45, 7) is 7.66. The van der Waals surface area contributed by atoms with E-state index in [2.05, 4.69) is 10.1 Å². The fourth-order valence-corrected chi connectivity index (χ4v) is 2.66. The molecule has 0 aliphatic heterocycles. The molecular formula is C22H22N2O4. The highest BCUT2D eigenvalue weighted by Crippen LogP contribution is 2.19. The van der Waals surface area contributed by atoms with Gasteiger partial charge in [-0.3, -0.25) is 4.79 Å². The van der Waals surface area contributed by atoms with Gasteiger partial charge in [-0.25, -0.2) is 4.79 Å². The number of aryl methyl sites for hydroxylation is 2. The molecule has 0 unspecified atom stereocenters. The summed E-state index contributed by atoms with van der Waals surface area (Å²) < 4.78 is 10.4. The highest BCUT2D eigenvalue weighted by molar-refractivity contribution is 6.14. The molecule has 0 saturated carbocycles. The number of hydrogen-bond donors (Lipinski definition) is 0. The van der Waals surface area contributed by atoms with Crippen molar-refractivity contribution in [3.05, 3.63) is 82.0 Å². The van der Waals surface area contributed by atoms with Gasteiger partial charge in [-0.2, -0.15) is 4.98 Å². The fourth-order valence-electron chi connectivity index (χ4n) is 2.66. The Morgan fingerprint density at radius 2 is 1.75 bits per heavy atom. The molecule has 0 aliphatic carbocycles. The van der Waals surface area contributed by atoms with E-state index >= 15 is 0 Å². The lowest BCUT2D eigenvalue weighted by molar-refractivity contribution is 0.0427. The molecule has 0 spiro atoms. The van der Waals surface area contributed by atoms with Gasteiger partial charge in [0.25, 0.3) is 5.89 Å². The van der Waals surface area contributed by atoms with E-state index < -0.39 is 5.97 Å². The largest absolute Gasteiger partial charge is 0.452 e. The number of hydrogen-bond acceptors (Lipinski definition) is 6. The number of rotatable bonds is 6. The van der Waals surface area contributed by atoms with Crippen LogP contribution in [0.5, 0.6) is 0 Å². The Bertz CT molecular complexity index is 1020. The van der Waals surface area contributed by atoms with E-state index in [0.29, 0.717) is 17.0 Å². The second kappa shape index (κ2) is 8.17. The molecule has 0 radical (unpaired) electrons. The lowest BCUT2D eigenvalue weighted by atomic mass is 9.96. The summed E-state index contributed by atoms with van der Waals surface area (Å²) >= 11 is 0. The van der Waals surface area contributed by atoms with Crippen molar-refractivity contribution >= 4 is 11.8 Å². The van der Waals surface area contributed by atoms with Gasteiger partial charge in [0.05, 0.1) is 5.56 Å². The normalized spacial score (nSPS) is 10.9. The van der Waals surface area contributed by atoms with Crippen LogP contribution in [0.1, 0.15) is 68.9 Å². The van der Waals surface area contributed by atoms with E-state index in [-0.39, 0.29) is 29.8 Å². The average molecular weight is 378 g/mol. The first-order valence-electron chi connectivity index (χ1n) is 9.07. The Morgan fingerprint density at radius 3 is 2.39 bits per heavy atom. The van der Waals surface area contributed by atoms with Crippen LogP contribution < -0.4 is 0 Å². The number of aromatic nitrogens is 2. The monoisotopic (exact) mass is 378 g/mol. The predicted molar refractivity (Wildman–Crippen MR) is 103 cm³/mol. The molecule has 0 fully saturated rings. The third-order valence-electron chi connectivity index (χ3n) is 4.49. The van der Waals surface area contributed by atoms with Crippen LogP contribution in [0, 0.1) is 13.8 Å². The second-order valence-electron chi connectivity index (χ2n) is 6.95. The zero-order valence-electron chi connectivity index (χ0n) is 16.4. The topological polar surface area (TPSA) is 82.3 Å². The smallest absolute Gasteiger partial charge is 0.339 e. The Morgan fingerprint density at radius 1 is 1.04 bits per heavy atom. The Balaban J connectivity index is 1.79. The number of carbonyl (C=O) groups excluding carboxylic acids is 2. The van der Waals surface area contributed by atoms with E-state index in [1.807, 2.05) is 39.8 Å². The van der Waals surface area contributed by atoms with Crippen molar-refractivity contribution in [3.8, 4) is 0 Å². The number of ketones is 1. The first-order chi connectivity index (χ1) is 13.4. The van der Waals surface area contributed by atoms with E-state index in [9.17, 15) is 9.59 Å². The van der Waals surface area contributed by atoms with Crippen LogP contribution in [-0.2, 0) is 11.3 Å². The number of benzene rings is 2. The average Bonchev–Trinajstić information content (AvgIpc) is 3.17. The van der Waals surface area contributed by atoms with Crippen molar-refractivity contribution in [1.82, 2.24) is 10.1 Å². The highest BCUT2D eigenvalue weighted by atomic mass is 16.6. The van der Waals surface area contributed by atoms with Crippen LogP contribution >= 0.6 is 0 Å². The second-order valence-corrected chi connectivity index (χ2v) is 6.95. The highest BCUT2D eigenvalue weighted by Gasteiger charge is 2.20. The molecule has 6 heteroatoms. The van der Waals surface area contributed by atoms with Gasteiger partial charge in [-0.1, -0.05) is 49.3 Å². The lowest BCUT2D eigenvalue weighted by Crippen LogP contribution is -2.13. The molecule has 0 atom stereocenters. The Kier molecular flexibility index (Phi) is 5.68. The van der Waals surface area contributed by atoms with Crippen molar-refractivity contribution in [2.75, 3.05) is 0 Å². The first-order valence-corrected chi connectivity index (χ1v) is 9.07. The third-order valence-corrected chi connectivity index (χ3v) is 4.49. The van der Waals surface area contributed by atoms with E-state index in [1.165, 1.54) is 0 Å². The molecule has 1 heterocycles. The lowest BCUT2D eigenvalue weighted by Gasteiger charge is -2.09. The summed E-state index contributed by atoms with van der Waals surface area (Å²) in [5, 5.41) is 3.84. The van der Waals surface area contributed by atoms with Gasteiger partial charge in [0.15, 0.2) is 18.2 Å². The fraction of sp³-hybridized carbons (Fsp3) is 0.273. The minimum Gasteiger partial charge on any atom is -0.452 e. The zero-order valence-corrected chi connectivity index (χ0v) is 16.4. The molecule has 0 amide bonds. The maximum absolute atomic E-state index is 12.9. The summed E-state index contributed by atoms with van der Waals surface area (Å²) in [5.74, 6) is 0.0449. The van der Waals surface area contributed by atoms with Crippen molar-refractivity contribution in [2.24, 2.45) is 0 Å². The van der Waals surface area contributed by atoms with E-state index in [1.54, 1.807) is 30.3 Å². The number of esters is 1. The third kappa shape index (κ3) is 4.17. The van der Waals surface area contributed by atoms with Crippen LogP contribution in [-0.4, -0.2) is 21.9 Å². The van der Waals surface area contributed by atoms with Crippen molar-refractivity contribution in [1.29, 1.82) is 0 Å². The van der Waals surface area contributed by atoms with E-state index in [4.69, 9.17) is 9.26 Å². The predicted octanol–water partition coefficient (Wildman–Crippen LogP) is 4.40. The SMILES string of the molecule is Cc1ccc(C(=O)c2ccccc2C(=O)OCc2nc(C(C)C)no2)cc1C. The maximum atomic E-state index is 12.9. The number of ether oxygens (including phenoxy) is 1.